The van der Waals surface area contributed by atoms with Gasteiger partial charge >= 0.3 is 12.1 Å². The lowest BCUT2D eigenvalue weighted by Crippen LogP contribution is -2.55. The van der Waals surface area contributed by atoms with Gasteiger partial charge in [0, 0.05) is 62.0 Å². The topological polar surface area (TPSA) is 119 Å². The Bertz CT molecular complexity index is 1600. The second kappa shape index (κ2) is 12.6. The molecule has 1 unspecified atom stereocenters. The van der Waals surface area contributed by atoms with Crippen molar-refractivity contribution in [3.8, 4) is 0 Å². The van der Waals surface area contributed by atoms with Gasteiger partial charge in [0.1, 0.15) is 6.10 Å². The minimum atomic E-state index is -0.663. The van der Waals surface area contributed by atoms with Gasteiger partial charge in [-0.3, -0.25) is 24.5 Å². The molecule has 1 N–H and O–H groups in total. The van der Waals surface area contributed by atoms with Crippen LogP contribution in [0, 0.1) is 63.1 Å². The molecule has 2 spiro atoms. The summed E-state index contributed by atoms with van der Waals surface area (Å²) in [5, 5.41) is 2.72. The van der Waals surface area contributed by atoms with Crippen LogP contribution in [0.4, 0.5) is 16.2 Å². The monoisotopic (exact) mass is 688 g/mol. The molecule has 5 aliphatic rings. The smallest absolute Gasteiger partial charge is 0.411 e. The molecule has 0 bridgehead atoms. The Hall–Kier alpha value is -3.49. The lowest BCUT2D eigenvalue weighted by atomic mass is 9.43. The maximum Gasteiger partial charge on any atom is 0.411 e. The van der Waals surface area contributed by atoms with Crippen LogP contribution in [0.2, 0.25) is 0 Å². The van der Waals surface area contributed by atoms with Gasteiger partial charge in [-0.05, 0) is 102 Å². The van der Waals surface area contributed by atoms with Crippen LogP contribution in [0.15, 0.2) is 36.4 Å². The highest BCUT2D eigenvalue weighted by Gasteiger charge is 2.81. The molecule has 6 rings (SSSR count). The summed E-state index contributed by atoms with van der Waals surface area (Å²) in [5.41, 5.74) is 1.25. The summed E-state index contributed by atoms with van der Waals surface area (Å²) in [6.07, 6.45) is 8.68. The zero-order valence-corrected chi connectivity index (χ0v) is 31.3. The van der Waals surface area contributed by atoms with Crippen LogP contribution in [0.25, 0.3) is 0 Å². The van der Waals surface area contributed by atoms with Crippen LogP contribution in [0.5, 0.6) is 0 Å². The molecule has 4 saturated carbocycles. The number of nitrogens with zero attached hydrogens (tertiary/aromatic N) is 1. The van der Waals surface area contributed by atoms with Crippen molar-refractivity contribution in [2.45, 2.75) is 93.1 Å². The fraction of sp³-hybridized carbons (Fsp3) is 0.683. The quantitative estimate of drug-likeness (QED) is 0.201. The first kappa shape index (κ1) is 36.3. The predicted molar refractivity (Wildman–Crippen MR) is 191 cm³/mol. The number of nitrogens with one attached hydrogen (secondary N) is 1. The van der Waals surface area contributed by atoms with Crippen molar-refractivity contribution in [3.05, 3.63) is 36.4 Å². The number of amides is 1. The molecule has 1 amide bonds. The molecule has 9 heteroatoms. The second-order valence-corrected chi connectivity index (χ2v) is 17.3. The first-order chi connectivity index (χ1) is 23.4. The number of rotatable bonds is 10. The van der Waals surface area contributed by atoms with Crippen molar-refractivity contribution in [1.82, 2.24) is 0 Å². The van der Waals surface area contributed by atoms with Gasteiger partial charge in [-0.15, -0.1) is 0 Å². The van der Waals surface area contributed by atoms with Gasteiger partial charge in [-0.1, -0.05) is 47.6 Å². The largest absolute Gasteiger partial charge is 0.462 e. The summed E-state index contributed by atoms with van der Waals surface area (Å²) >= 11 is 0. The van der Waals surface area contributed by atoms with Crippen LogP contribution in [0.1, 0.15) is 87.0 Å². The molecule has 0 radical (unpaired) electrons. The van der Waals surface area contributed by atoms with E-state index >= 15 is 0 Å². The van der Waals surface area contributed by atoms with E-state index in [0.717, 1.165) is 37.8 Å². The van der Waals surface area contributed by atoms with Gasteiger partial charge in [-0.2, -0.15) is 0 Å². The molecule has 272 valence electrons. The Kier molecular flexibility index (Phi) is 9.17. The van der Waals surface area contributed by atoms with Crippen molar-refractivity contribution in [2.75, 3.05) is 30.9 Å². The first-order valence-corrected chi connectivity index (χ1v) is 18.6. The molecule has 0 saturated heterocycles. The van der Waals surface area contributed by atoms with E-state index in [0.29, 0.717) is 23.9 Å². The molecule has 1 aromatic carbocycles. The number of ketones is 3. The summed E-state index contributed by atoms with van der Waals surface area (Å²) in [7, 11) is 3.87. The van der Waals surface area contributed by atoms with E-state index in [2.05, 4.69) is 32.2 Å². The summed E-state index contributed by atoms with van der Waals surface area (Å²) in [6, 6.07) is 7.36. The second-order valence-electron chi connectivity index (χ2n) is 17.3. The number of carbonyl (C=O) groups excluding carboxylic acids is 5. The van der Waals surface area contributed by atoms with Crippen LogP contribution < -0.4 is 10.2 Å². The van der Waals surface area contributed by atoms with Gasteiger partial charge in [0.2, 0.25) is 11.6 Å². The summed E-state index contributed by atoms with van der Waals surface area (Å²) in [6.45, 7) is 13.5. The van der Waals surface area contributed by atoms with E-state index in [9.17, 15) is 24.0 Å². The van der Waals surface area contributed by atoms with Crippen molar-refractivity contribution >= 4 is 40.8 Å². The number of hydrogen-bond acceptors (Lipinski definition) is 8. The standard InChI is InChI=1S/C41H56N2O7/c1-23(21-49-37(48)42-28-10-12-29(13-11-28)43(8)9)24(2)35(46)36(47)26(4)34-32(50-27(5)44)20-39(7)33-15-14-30-25(3)31(45)16-17-40(30)22-41(33,40)19-18-38(34,39)6/h10-13,16-17,23-26,30,32-34H,14-15,18-22H2,1-9H3,(H,42,48)/t23-,24?,25-,26-,30-,32-,33-,34-,38+,39-,40+,41-/m0/s1. The fourth-order valence-corrected chi connectivity index (χ4v) is 11.8. The molecule has 9 nitrogen and oxygen atoms in total. The average molecular weight is 689 g/mol. The number of Topliss-reactive ketones (excluding diaryl/α,β-unsaturated/α-hetero) is 2. The highest BCUT2D eigenvalue weighted by molar-refractivity contribution is 6.38. The maximum absolute atomic E-state index is 14.1. The third kappa shape index (κ3) is 5.44. The molecule has 12 atom stereocenters. The normalized spacial score (nSPS) is 38.3. The summed E-state index contributed by atoms with van der Waals surface area (Å²) < 4.78 is 11.5. The lowest BCUT2D eigenvalue weighted by molar-refractivity contribution is -0.156. The molecule has 5 aliphatic carbocycles. The number of esters is 1. The fourth-order valence-electron chi connectivity index (χ4n) is 11.8. The van der Waals surface area contributed by atoms with Gasteiger partial charge in [0.05, 0.1) is 6.61 Å². The zero-order valence-electron chi connectivity index (χ0n) is 31.3. The van der Waals surface area contributed by atoms with Gasteiger partial charge in [-0.25, -0.2) is 4.79 Å². The molecule has 0 aliphatic heterocycles. The molecule has 0 aromatic heterocycles. The van der Waals surface area contributed by atoms with E-state index in [-0.39, 0.29) is 57.8 Å². The van der Waals surface area contributed by atoms with E-state index in [1.54, 1.807) is 19.1 Å². The molecule has 4 fully saturated rings. The van der Waals surface area contributed by atoms with Crippen LogP contribution >= 0.6 is 0 Å². The van der Waals surface area contributed by atoms with E-state index in [1.807, 2.05) is 51.1 Å². The number of ether oxygens (including phenoxy) is 2. The highest BCUT2D eigenvalue weighted by atomic mass is 16.5. The Balaban J connectivity index is 1.15. The Morgan fingerprint density at radius 3 is 2.30 bits per heavy atom. The van der Waals surface area contributed by atoms with Crippen LogP contribution in [-0.2, 0) is 28.7 Å². The Morgan fingerprint density at radius 1 is 0.980 bits per heavy atom. The van der Waals surface area contributed by atoms with Crippen molar-refractivity contribution in [1.29, 1.82) is 0 Å². The molecular weight excluding hydrogens is 632 g/mol. The van der Waals surface area contributed by atoms with Gasteiger partial charge in [0.15, 0.2) is 5.78 Å². The van der Waals surface area contributed by atoms with E-state index in [4.69, 9.17) is 9.47 Å². The zero-order chi connectivity index (χ0) is 36.6. The van der Waals surface area contributed by atoms with Gasteiger partial charge in [0.25, 0.3) is 0 Å². The predicted octanol–water partition coefficient (Wildman–Crippen LogP) is 7.28. The van der Waals surface area contributed by atoms with E-state index in [1.165, 1.54) is 6.92 Å². The number of benzene rings is 1. The Labute approximate surface area is 297 Å². The van der Waals surface area contributed by atoms with Gasteiger partial charge < -0.3 is 14.4 Å². The number of fused-ring (bicyclic) bond motifs is 2. The molecule has 0 heterocycles. The van der Waals surface area contributed by atoms with Crippen LogP contribution in [-0.4, -0.2) is 56.2 Å². The number of hydrogen-bond donors (Lipinski definition) is 1. The van der Waals surface area contributed by atoms with Crippen molar-refractivity contribution in [3.63, 3.8) is 0 Å². The number of carbonyl (C=O) groups is 5. The Morgan fingerprint density at radius 2 is 1.66 bits per heavy atom. The van der Waals surface area contributed by atoms with Crippen LogP contribution in [0.3, 0.4) is 0 Å². The summed E-state index contributed by atoms with van der Waals surface area (Å²) in [5.74, 6) is -2.26. The first-order valence-electron chi connectivity index (χ1n) is 18.6. The van der Waals surface area contributed by atoms with Crippen molar-refractivity contribution in [2.24, 2.45) is 63.1 Å². The minimum Gasteiger partial charge on any atom is -0.462 e. The minimum absolute atomic E-state index is 0.0172. The number of anilines is 2. The molecule has 1 aromatic rings. The molecular formula is C41H56N2O7. The molecule has 50 heavy (non-hydrogen) atoms. The third-order valence-corrected chi connectivity index (χ3v) is 14.9. The maximum atomic E-state index is 14.1. The SMILES string of the molecule is CC(=O)O[C@H]1C[C@@]2(C)[C@@H]3CC[C@H]4[C@H](C)C(=O)C=C[C@@]45C[C@@]35CC[C@]2(C)[C@H]1[C@H](C)C(=O)C(=O)C(C)[C@@H](C)COC(=O)Nc1ccc(N(C)C)cc1. The number of allylic oxidation sites excluding steroid dienone is 2. The van der Waals surface area contributed by atoms with E-state index < -0.39 is 35.6 Å². The average Bonchev–Trinajstić information content (AvgIpc) is 3.68. The third-order valence-electron chi connectivity index (χ3n) is 14.9. The summed E-state index contributed by atoms with van der Waals surface area (Å²) in [4.78, 5) is 67.7. The van der Waals surface area contributed by atoms with Crippen molar-refractivity contribution < 1.29 is 33.4 Å². The highest BCUT2D eigenvalue weighted by Crippen LogP contribution is 2.87. The lowest BCUT2D eigenvalue weighted by Gasteiger charge is -2.60.